The summed E-state index contributed by atoms with van der Waals surface area (Å²) >= 11 is 18.8. The molecule has 1 aliphatic heterocycles. The van der Waals surface area contributed by atoms with E-state index in [4.69, 9.17) is 34.8 Å². The molecule has 3 aromatic rings. The van der Waals surface area contributed by atoms with Gasteiger partial charge in [-0.2, -0.15) is 0 Å². The van der Waals surface area contributed by atoms with Gasteiger partial charge in [-0.1, -0.05) is 84.2 Å². The first kappa shape index (κ1) is 23.0. The lowest BCUT2D eigenvalue weighted by Gasteiger charge is -2.44. The Kier molecular flexibility index (Phi) is 7.30. The molecule has 32 heavy (non-hydrogen) atoms. The molecule has 0 aliphatic carbocycles. The zero-order valence-corrected chi connectivity index (χ0v) is 20.1. The Balaban J connectivity index is 1.65. The van der Waals surface area contributed by atoms with Crippen molar-refractivity contribution < 1.29 is 4.79 Å². The molecule has 0 N–H and O–H groups in total. The largest absolute Gasteiger partial charge is 0.360 e. The van der Waals surface area contributed by atoms with Crippen molar-refractivity contribution in [2.45, 2.75) is 25.3 Å². The van der Waals surface area contributed by atoms with Crippen LogP contribution in [0.5, 0.6) is 0 Å². The quantitative estimate of drug-likeness (QED) is 0.379. The van der Waals surface area contributed by atoms with Crippen molar-refractivity contribution in [3.8, 4) is 0 Å². The third-order valence-corrected chi connectivity index (χ3v) is 6.86. The number of benzene rings is 3. The molecule has 1 saturated heterocycles. The Morgan fingerprint density at radius 1 is 0.938 bits per heavy atom. The Bertz CT molecular complexity index is 1070. The first-order chi connectivity index (χ1) is 15.5. The highest BCUT2D eigenvalue weighted by Gasteiger charge is 2.34. The second-order valence-electron chi connectivity index (χ2n) is 8.01. The SMILES string of the molecule is CCC(C(=O)N1CCN(c2ccc(Cl)cc2Cl)C(c2ccc(Cl)cc2)C1)c1ccccc1. The number of hydrogen-bond donors (Lipinski definition) is 0. The summed E-state index contributed by atoms with van der Waals surface area (Å²) < 4.78 is 0. The molecular weight excluding hydrogens is 463 g/mol. The molecule has 4 rings (SSSR count). The van der Waals surface area contributed by atoms with Crippen LogP contribution in [-0.4, -0.2) is 30.4 Å². The molecule has 2 unspecified atom stereocenters. The normalized spacial score (nSPS) is 17.3. The Morgan fingerprint density at radius 2 is 1.62 bits per heavy atom. The van der Waals surface area contributed by atoms with Gasteiger partial charge >= 0.3 is 0 Å². The average molecular weight is 488 g/mol. The number of hydrogen-bond acceptors (Lipinski definition) is 2. The van der Waals surface area contributed by atoms with Crippen molar-refractivity contribution in [2.24, 2.45) is 0 Å². The molecule has 0 saturated carbocycles. The number of piperazine rings is 1. The minimum Gasteiger partial charge on any atom is -0.360 e. The van der Waals surface area contributed by atoms with Gasteiger partial charge in [-0.3, -0.25) is 4.79 Å². The van der Waals surface area contributed by atoms with Crippen molar-refractivity contribution in [3.63, 3.8) is 0 Å². The average Bonchev–Trinajstić information content (AvgIpc) is 2.80. The molecule has 6 heteroatoms. The summed E-state index contributed by atoms with van der Waals surface area (Å²) in [7, 11) is 0. The van der Waals surface area contributed by atoms with Gasteiger partial charge in [0.05, 0.1) is 22.7 Å². The van der Waals surface area contributed by atoms with Crippen LogP contribution in [0.25, 0.3) is 0 Å². The summed E-state index contributed by atoms with van der Waals surface area (Å²) in [6, 6.07) is 23.4. The fourth-order valence-electron chi connectivity index (χ4n) is 4.41. The highest BCUT2D eigenvalue weighted by molar-refractivity contribution is 6.36. The van der Waals surface area contributed by atoms with Gasteiger partial charge in [-0.05, 0) is 47.9 Å². The molecule has 1 fully saturated rings. The standard InChI is InChI=1S/C26H25Cl3N2O/c1-2-22(18-6-4-3-5-7-18)26(32)30-14-15-31(24-13-12-21(28)16-23(24)29)25(17-30)19-8-10-20(27)11-9-19/h3-13,16,22,25H,2,14-15,17H2,1H3. The molecule has 0 bridgehead atoms. The second-order valence-corrected chi connectivity index (χ2v) is 9.29. The molecule has 0 aromatic heterocycles. The molecule has 3 aromatic carbocycles. The van der Waals surface area contributed by atoms with E-state index < -0.39 is 0 Å². The number of nitrogens with zero attached hydrogens (tertiary/aromatic N) is 2. The fourth-order valence-corrected chi connectivity index (χ4v) is 5.06. The van der Waals surface area contributed by atoms with Crippen LogP contribution in [0.1, 0.15) is 36.4 Å². The van der Waals surface area contributed by atoms with Crippen LogP contribution >= 0.6 is 34.8 Å². The first-order valence-electron chi connectivity index (χ1n) is 10.8. The second kappa shape index (κ2) is 10.2. The van der Waals surface area contributed by atoms with Crippen molar-refractivity contribution in [2.75, 3.05) is 24.5 Å². The van der Waals surface area contributed by atoms with Crippen LogP contribution in [0.4, 0.5) is 5.69 Å². The Morgan fingerprint density at radius 3 is 2.28 bits per heavy atom. The molecule has 1 heterocycles. The molecule has 166 valence electrons. The van der Waals surface area contributed by atoms with Crippen LogP contribution in [0.2, 0.25) is 15.1 Å². The summed E-state index contributed by atoms with van der Waals surface area (Å²) in [6.07, 6.45) is 0.762. The number of halogens is 3. The zero-order valence-electron chi connectivity index (χ0n) is 17.8. The smallest absolute Gasteiger partial charge is 0.230 e. The Hall–Kier alpha value is -2.20. The van der Waals surface area contributed by atoms with Gasteiger partial charge in [0.2, 0.25) is 5.91 Å². The van der Waals surface area contributed by atoms with Gasteiger partial charge in [-0.15, -0.1) is 0 Å². The van der Waals surface area contributed by atoms with E-state index in [0.29, 0.717) is 34.7 Å². The summed E-state index contributed by atoms with van der Waals surface area (Å²) in [5.41, 5.74) is 3.06. The van der Waals surface area contributed by atoms with Crippen LogP contribution < -0.4 is 4.90 Å². The van der Waals surface area contributed by atoms with E-state index in [1.807, 2.05) is 71.6 Å². The molecule has 3 nitrogen and oxygen atoms in total. The number of carbonyl (C=O) groups is 1. The maximum Gasteiger partial charge on any atom is 0.230 e. The zero-order chi connectivity index (χ0) is 22.7. The highest BCUT2D eigenvalue weighted by Crippen LogP contribution is 2.37. The number of carbonyl (C=O) groups excluding carboxylic acids is 1. The number of amides is 1. The summed E-state index contributed by atoms with van der Waals surface area (Å²) in [5.74, 6) is 0.0206. The van der Waals surface area contributed by atoms with Crippen LogP contribution in [0.15, 0.2) is 72.8 Å². The van der Waals surface area contributed by atoms with Crippen LogP contribution in [0.3, 0.4) is 0 Å². The van der Waals surface area contributed by atoms with Crippen molar-refractivity contribution in [1.29, 1.82) is 0 Å². The molecule has 0 spiro atoms. The highest BCUT2D eigenvalue weighted by atomic mass is 35.5. The molecule has 2 atom stereocenters. The fraction of sp³-hybridized carbons (Fsp3) is 0.269. The third kappa shape index (κ3) is 4.91. The summed E-state index contributed by atoms with van der Waals surface area (Å²) in [6.45, 7) is 3.94. The third-order valence-electron chi connectivity index (χ3n) is 6.07. The maximum absolute atomic E-state index is 13.6. The lowest BCUT2D eigenvalue weighted by Crippen LogP contribution is -2.51. The van der Waals surface area contributed by atoms with Crippen molar-refractivity contribution in [3.05, 3.63) is 99.0 Å². The summed E-state index contributed by atoms with van der Waals surface area (Å²) in [5, 5.41) is 1.89. The van der Waals surface area contributed by atoms with Crippen LogP contribution in [-0.2, 0) is 4.79 Å². The predicted octanol–water partition coefficient (Wildman–Crippen LogP) is 7.23. The van der Waals surface area contributed by atoms with E-state index in [2.05, 4.69) is 11.8 Å². The minimum absolute atomic E-state index is 0.0445. The molecule has 1 aliphatic rings. The van der Waals surface area contributed by atoms with E-state index in [0.717, 1.165) is 23.2 Å². The van der Waals surface area contributed by atoms with E-state index >= 15 is 0 Å². The van der Waals surface area contributed by atoms with E-state index in [1.165, 1.54) is 0 Å². The lowest BCUT2D eigenvalue weighted by atomic mass is 9.93. The topological polar surface area (TPSA) is 23.6 Å². The van der Waals surface area contributed by atoms with Crippen molar-refractivity contribution in [1.82, 2.24) is 4.90 Å². The molecule has 1 amide bonds. The van der Waals surface area contributed by atoms with Gasteiger partial charge in [0, 0.05) is 29.7 Å². The van der Waals surface area contributed by atoms with E-state index in [9.17, 15) is 4.79 Å². The van der Waals surface area contributed by atoms with Gasteiger partial charge < -0.3 is 9.80 Å². The predicted molar refractivity (Wildman–Crippen MR) is 134 cm³/mol. The van der Waals surface area contributed by atoms with Gasteiger partial charge in [0.1, 0.15) is 0 Å². The monoisotopic (exact) mass is 486 g/mol. The van der Waals surface area contributed by atoms with Gasteiger partial charge in [-0.25, -0.2) is 0 Å². The summed E-state index contributed by atoms with van der Waals surface area (Å²) in [4.78, 5) is 17.8. The first-order valence-corrected chi connectivity index (χ1v) is 11.9. The number of rotatable bonds is 5. The molecule has 0 radical (unpaired) electrons. The minimum atomic E-state index is -0.146. The van der Waals surface area contributed by atoms with Gasteiger partial charge in [0.15, 0.2) is 0 Å². The maximum atomic E-state index is 13.6. The number of anilines is 1. The van der Waals surface area contributed by atoms with Crippen LogP contribution in [0, 0.1) is 0 Å². The van der Waals surface area contributed by atoms with Gasteiger partial charge in [0.25, 0.3) is 0 Å². The molecular formula is C26H25Cl3N2O. The Labute approximate surface area is 204 Å². The van der Waals surface area contributed by atoms with E-state index in [-0.39, 0.29) is 17.9 Å². The lowest BCUT2D eigenvalue weighted by molar-refractivity contribution is -0.133. The van der Waals surface area contributed by atoms with Crippen molar-refractivity contribution >= 4 is 46.4 Å². The van der Waals surface area contributed by atoms with E-state index in [1.54, 1.807) is 6.07 Å².